The summed E-state index contributed by atoms with van der Waals surface area (Å²) in [6, 6.07) is 8.29. The van der Waals surface area contributed by atoms with Gasteiger partial charge in [0.1, 0.15) is 17.9 Å². The Labute approximate surface area is 175 Å². The molecule has 2 N–H and O–H groups in total. The zero-order chi connectivity index (χ0) is 22.6. The van der Waals surface area contributed by atoms with Crippen molar-refractivity contribution in [1.82, 2.24) is 20.5 Å². The molecule has 0 amide bonds. The van der Waals surface area contributed by atoms with Crippen molar-refractivity contribution in [3.8, 4) is 5.75 Å². The molecule has 2 aromatic carbocycles. The van der Waals surface area contributed by atoms with Gasteiger partial charge in [-0.15, -0.1) is 0 Å². The molecule has 1 atom stereocenters. The summed E-state index contributed by atoms with van der Waals surface area (Å²) in [5, 5.41) is 20.7. The van der Waals surface area contributed by atoms with Crippen LogP contribution in [0.5, 0.6) is 5.75 Å². The molecule has 1 aromatic heterocycles. The number of non-ortho nitro benzene ring substituents is 1. The Kier molecular flexibility index (Phi) is 6.54. The fourth-order valence-corrected chi connectivity index (χ4v) is 3.02. The molecule has 8 nitrogen and oxygen atoms in total. The lowest BCUT2D eigenvalue weighted by Crippen LogP contribution is -2.24. The second kappa shape index (κ2) is 9.13. The van der Waals surface area contributed by atoms with E-state index in [-0.39, 0.29) is 18.3 Å². The Hall–Kier alpha value is -3.47. The van der Waals surface area contributed by atoms with Crippen LogP contribution in [0.2, 0.25) is 0 Å². The smallest absolute Gasteiger partial charge is 0.416 e. The van der Waals surface area contributed by atoms with Crippen LogP contribution in [-0.2, 0) is 12.7 Å². The average Bonchev–Trinajstić information content (AvgIpc) is 3.23. The predicted molar refractivity (Wildman–Crippen MR) is 105 cm³/mol. The van der Waals surface area contributed by atoms with Crippen LogP contribution in [0, 0.1) is 10.1 Å². The van der Waals surface area contributed by atoms with Gasteiger partial charge in [0.15, 0.2) is 0 Å². The SMILES string of the molecule is CC(C)Oc1ccc([N+](=O)[O-])cc1CN[C@@H](c1cccc(C(F)(F)F)c1)c1ncn[nH]1. The van der Waals surface area contributed by atoms with E-state index in [2.05, 4.69) is 20.5 Å². The summed E-state index contributed by atoms with van der Waals surface area (Å²) >= 11 is 0. The average molecular weight is 435 g/mol. The molecule has 0 aliphatic heterocycles. The van der Waals surface area contributed by atoms with Crippen molar-refractivity contribution in [3.05, 3.63) is 81.4 Å². The topological polar surface area (TPSA) is 106 Å². The van der Waals surface area contributed by atoms with Crippen molar-refractivity contribution in [2.45, 2.75) is 38.7 Å². The number of halogens is 3. The number of nitrogens with one attached hydrogen (secondary N) is 2. The Morgan fingerprint density at radius 3 is 2.61 bits per heavy atom. The minimum absolute atomic E-state index is 0.0747. The summed E-state index contributed by atoms with van der Waals surface area (Å²) < 4.78 is 45.3. The highest BCUT2D eigenvalue weighted by atomic mass is 19.4. The van der Waals surface area contributed by atoms with Crippen LogP contribution in [0.3, 0.4) is 0 Å². The molecule has 0 saturated carbocycles. The van der Waals surface area contributed by atoms with Crippen LogP contribution < -0.4 is 10.1 Å². The van der Waals surface area contributed by atoms with E-state index in [1.165, 1.54) is 36.7 Å². The number of hydrogen-bond acceptors (Lipinski definition) is 6. The van der Waals surface area contributed by atoms with Crippen LogP contribution in [0.4, 0.5) is 18.9 Å². The lowest BCUT2D eigenvalue weighted by molar-refractivity contribution is -0.384. The van der Waals surface area contributed by atoms with Gasteiger partial charge in [-0.2, -0.15) is 18.3 Å². The van der Waals surface area contributed by atoms with Gasteiger partial charge in [0, 0.05) is 24.2 Å². The minimum atomic E-state index is -4.50. The molecule has 31 heavy (non-hydrogen) atoms. The first-order valence-corrected chi connectivity index (χ1v) is 9.35. The van der Waals surface area contributed by atoms with Gasteiger partial charge in [0.05, 0.1) is 22.6 Å². The van der Waals surface area contributed by atoms with Crippen molar-refractivity contribution < 1.29 is 22.8 Å². The number of hydrogen-bond donors (Lipinski definition) is 2. The molecule has 11 heteroatoms. The molecular formula is C20H20F3N5O3. The zero-order valence-electron chi connectivity index (χ0n) is 16.7. The van der Waals surface area contributed by atoms with E-state index in [0.717, 1.165) is 12.1 Å². The minimum Gasteiger partial charge on any atom is -0.491 e. The number of rotatable bonds is 8. The van der Waals surface area contributed by atoms with Gasteiger partial charge in [-0.1, -0.05) is 12.1 Å². The summed E-state index contributed by atoms with van der Waals surface area (Å²) in [4.78, 5) is 14.7. The van der Waals surface area contributed by atoms with Crippen molar-refractivity contribution in [2.75, 3.05) is 0 Å². The quantitative estimate of drug-likeness (QED) is 0.401. The molecular weight excluding hydrogens is 415 g/mol. The number of ether oxygens (including phenoxy) is 1. The van der Waals surface area contributed by atoms with E-state index in [4.69, 9.17) is 4.74 Å². The maximum absolute atomic E-state index is 13.2. The Balaban J connectivity index is 1.94. The van der Waals surface area contributed by atoms with Crippen LogP contribution in [0.15, 0.2) is 48.8 Å². The molecule has 0 unspecified atom stereocenters. The highest BCUT2D eigenvalue weighted by Crippen LogP contribution is 2.32. The number of nitro benzene ring substituents is 1. The maximum atomic E-state index is 13.2. The van der Waals surface area contributed by atoms with Gasteiger partial charge >= 0.3 is 6.18 Å². The summed E-state index contributed by atoms with van der Waals surface area (Å²) in [5.74, 6) is 0.740. The van der Waals surface area contributed by atoms with Gasteiger partial charge in [0.2, 0.25) is 0 Å². The van der Waals surface area contributed by atoms with E-state index in [0.29, 0.717) is 22.7 Å². The molecule has 0 aliphatic rings. The van der Waals surface area contributed by atoms with E-state index < -0.39 is 22.7 Å². The summed E-state index contributed by atoms with van der Waals surface area (Å²) in [5.41, 5.74) is -0.124. The molecule has 3 aromatic rings. The van der Waals surface area contributed by atoms with Crippen LogP contribution in [-0.4, -0.2) is 26.2 Å². The van der Waals surface area contributed by atoms with Crippen LogP contribution >= 0.6 is 0 Å². The molecule has 0 saturated heterocycles. The first kappa shape index (κ1) is 22.2. The number of alkyl halides is 3. The highest BCUT2D eigenvalue weighted by Gasteiger charge is 2.31. The van der Waals surface area contributed by atoms with Gasteiger partial charge in [-0.05, 0) is 37.6 Å². The van der Waals surface area contributed by atoms with Crippen molar-refractivity contribution in [3.63, 3.8) is 0 Å². The summed E-state index contributed by atoms with van der Waals surface area (Å²) in [6.07, 6.45) is -3.42. The van der Waals surface area contributed by atoms with Gasteiger partial charge < -0.3 is 4.74 Å². The van der Waals surface area contributed by atoms with E-state index in [1.807, 2.05) is 13.8 Å². The second-order valence-electron chi connectivity index (χ2n) is 7.02. The Morgan fingerprint density at radius 2 is 2.00 bits per heavy atom. The zero-order valence-corrected chi connectivity index (χ0v) is 16.7. The second-order valence-corrected chi connectivity index (χ2v) is 7.02. The molecule has 0 fully saturated rings. The van der Waals surface area contributed by atoms with Gasteiger partial charge in [-0.3, -0.25) is 20.5 Å². The summed E-state index contributed by atoms with van der Waals surface area (Å²) in [7, 11) is 0. The number of H-pyrrole nitrogens is 1. The largest absolute Gasteiger partial charge is 0.491 e. The Morgan fingerprint density at radius 1 is 1.23 bits per heavy atom. The molecule has 164 valence electrons. The van der Waals surface area contributed by atoms with Crippen molar-refractivity contribution >= 4 is 5.69 Å². The van der Waals surface area contributed by atoms with Gasteiger partial charge in [-0.25, -0.2) is 4.98 Å². The number of aromatic amines is 1. The summed E-state index contributed by atoms with van der Waals surface area (Å²) in [6.45, 7) is 3.71. The first-order valence-electron chi connectivity index (χ1n) is 9.35. The third-order valence-corrected chi connectivity index (χ3v) is 4.37. The normalized spacial score (nSPS) is 12.7. The standard InChI is InChI=1S/C20H20F3N5O3/c1-12(2)31-17-7-6-16(28(29)30)9-14(17)10-24-18(19-25-11-26-27-19)13-4-3-5-15(8-13)20(21,22)23/h3-9,11-12,18,24H,10H2,1-2H3,(H,25,26,27)/t18-/m0/s1. The van der Waals surface area contributed by atoms with E-state index >= 15 is 0 Å². The van der Waals surface area contributed by atoms with Crippen molar-refractivity contribution in [2.24, 2.45) is 0 Å². The molecule has 1 heterocycles. The molecule has 0 bridgehead atoms. The number of aromatic nitrogens is 3. The molecule has 3 rings (SSSR count). The molecule has 0 spiro atoms. The first-order chi connectivity index (χ1) is 14.6. The molecule has 0 radical (unpaired) electrons. The molecule has 0 aliphatic carbocycles. The fraction of sp³-hybridized carbons (Fsp3) is 0.300. The third-order valence-electron chi connectivity index (χ3n) is 4.37. The number of benzene rings is 2. The third kappa shape index (κ3) is 5.57. The Bertz CT molecular complexity index is 1040. The number of nitrogens with zero attached hydrogens (tertiary/aromatic N) is 3. The maximum Gasteiger partial charge on any atom is 0.416 e. The van der Waals surface area contributed by atoms with E-state index in [9.17, 15) is 23.3 Å². The van der Waals surface area contributed by atoms with Crippen LogP contribution in [0.1, 0.15) is 42.4 Å². The van der Waals surface area contributed by atoms with Crippen molar-refractivity contribution in [1.29, 1.82) is 0 Å². The van der Waals surface area contributed by atoms with Crippen LogP contribution in [0.25, 0.3) is 0 Å². The number of nitro groups is 1. The monoisotopic (exact) mass is 435 g/mol. The highest BCUT2D eigenvalue weighted by molar-refractivity contribution is 5.44. The fourth-order valence-electron chi connectivity index (χ4n) is 3.02. The predicted octanol–water partition coefficient (Wildman–Crippen LogP) is 4.40. The van der Waals surface area contributed by atoms with E-state index in [1.54, 1.807) is 0 Å². The van der Waals surface area contributed by atoms with Gasteiger partial charge in [0.25, 0.3) is 5.69 Å². The lowest BCUT2D eigenvalue weighted by atomic mass is 10.0. The lowest BCUT2D eigenvalue weighted by Gasteiger charge is -2.20.